The molecule has 0 amide bonds. The van der Waals surface area contributed by atoms with Gasteiger partial charge in [-0.05, 0) is 42.9 Å². The van der Waals surface area contributed by atoms with Gasteiger partial charge >= 0.3 is 0 Å². The van der Waals surface area contributed by atoms with E-state index >= 15 is 0 Å². The Labute approximate surface area is 137 Å². The summed E-state index contributed by atoms with van der Waals surface area (Å²) in [5.41, 5.74) is 5.23. The van der Waals surface area contributed by atoms with E-state index < -0.39 is 11.1 Å². The van der Waals surface area contributed by atoms with Crippen molar-refractivity contribution in [1.29, 1.82) is 0 Å². The number of aryl methyl sites for hydroxylation is 1. The van der Waals surface area contributed by atoms with E-state index in [-0.39, 0.29) is 5.75 Å². The molecule has 120 valence electrons. The van der Waals surface area contributed by atoms with E-state index in [1.54, 1.807) is 23.9 Å². The van der Waals surface area contributed by atoms with Crippen molar-refractivity contribution in [2.24, 2.45) is 16.6 Å². The Morgan fingerprint density at radius 3 is 2.52 bits per heavy atom. The SMILES string of the molecule is CC1=N[SH](C)C=C1c1c(-c2ccc(O)cc2)nn(C)c1C=NO. The highest BCUT2D eigenvalue weighted by atomic mass is 32.2. The number of aromatic nitrogens is 2. The fourth-order valence-corrected chi connectivity index (χ4v) is 4.00. The van der Waals surface area contributed by atoms with Crippen LogP contribution in [0.5, 0.6) is 5.75 Å². The summed E-state index contributed by atoms with van der Waals surface area (Å²) < 4.78 is 6.29. The molecule has 0 spiro atoms. The molecule has 6 nitrogen and oxygen atoms in total. The maximum absolute atomic E-state index is 9.50. The highest BCUT2D eigenvalue weighted by Crippen LogP contribution is 2.41. The Hall–Kier alpha value is -2.54. The Balaban J connectivity index is 2.25. The second kappa shape index (κ2) is 5.92. The third kappa shape index (κ3) is 2.75. The van der Waals surface area contributed by atoms with E-state index in [9.17, 15) is 5.11 Å². The molecule has 0 saturated carbocycles. The average Bonchev–Trinajstić information content (AvgIpc) is 3.00. The van der Waals surface area contributed by atoms with Crippen LogP contribution >= 0.6 is 11.1 Å². The van der Waals surface area contributed by atoms with E-state index in [1.807, 2.05) is 19.1 Å². The van der Waals surface area contributed by atoms with Gasteiger partial charge in [0.15, 0.2) is 0 Å². The van der Waals surface area contributed by atoms with Crippen LogP contribution in [0.1, 0.15) is 18.2 Å². The predicted molar refractivity (Wildman–Crippen MR) is 95.7 cm³/mol. The van der Waals surface area contributed by atoms with Gasteiger partial charge in [0, 0.05) is 23.7 Å². The number of phenols is 1. The van der Waals surface area contributed by atoms with E-state index in [0.29, 0.717) is 5.69 Å². The van der Waals surface area contributed by atoms with E-state index in [0.717, 1.165) is 28.1 Å². The van der Waals surface area contributed by atoms with Gasteiger partial charge in [-0.25, -0.2) is 4.40 Å². The van der Waals surface area contributed by atoms with Gasteiger partial charge in [0.25, 0.3) is 0 Å². The summed E-state index contributed by atoms with van der Waals surface area (Å²) in [6.07, 6.45) is 3.47. The lowest BCUT2D eigenvalue weighted by molar-refractivity contribution is 0.321. The molecule has 1 unspecified atom stereocenters. The van der Waals surface area contributed by atoms with Crippen molar-refractivity contribution in [3.63, 3.8) is 0 Å². The topological polar surface area (TPSA) is 83.0 Å². The van der Waals surface area contributed by atoms with Crippen LogP contribution in [-0.2, 0) is 7.05 Å². The number of aromatic hydroxyl groups is 1. The molecule has 0 fully saturated rings. The zero-order valence-electron chi connectivity index (χ0n) is 13.1. The molecule has 1 aromatic heterocycles. The van der Waals surface area contributed by atoms with E-state index in [1.165, 1.54) is 6.21 Å². The van der Waals surface area contributed by atoms with Crippen molar-refractivity contribution in [1.82, 2.24) is 9.78 Å². The maximum atomic E-state index is 9.50. The van der Waals surface area contributed by atoms with Crippen molar-refractivity contribution < 1.29 is 10.3 Å². The molecule has 0 radical (unpaired) electrons. The van der Waals surface area contributed by atoms with Crippen LogP contribution in [0.25, 0.3) is 16.8 Å². The number of allylic oxidation sites excluding steroid dienone is 1. The lowest BCUT2D eigenvalue weighted by atomic mass is 9.97. The molecule has 7 heteroatoms. The lowest BCUT2D eigenvalue weighted by Gasteiger charge is -2.06. The summed E-state index contributed by atoms with van der Waals surface area (Å²) in [5, 5.41) is 28.4. The monoisotopic (exact) mass is 330 g/mol. The largest absolute Gasteiger partial charge is 0.508 e. The predicted octanol–water partition coefficient (Wildman–Crippen LogP) is 2.96. The molecule has 1 aromatic carbocycles. The minimum atomic E-state index is -0.524. The summed E-state index contributed by atoms with van der Waals surface area (Å²) >= 11 is -0.524. The Morgan fingerprint density at radius 1 is 1.26 bits per heavy atom. The average molecular weight is 330 g/mol. The second-order valence-corrected chi connectivity index (χ2v) is 6.93. The zero-order chi connectivity index (χ0) is 16.6. The second-order valence-electron chi connectivity index (χ2n) is 5.33. The van der Waals surface area contributed by atoms with Crippen LogP contribution < -0.4 is 0 Å². The molecule has 1 aliphatic heterocycles. The minimum Gasteiger partial charge on any atom is -0.508 e. The summed E-state index contributed by atoms with van der Waals surface area (Å²) in [7, 11) is 1.81. The van der Waals surface area contributed by atoms with Crippen molar-refractivity contribution >= 4 is 28.6 Å². The van der Waals surface area contributed by atoms with Crippen LogP contribution in [0.3, 0.4) is 0 Å². The van der Waals surface area contributed by atoms with E-state index in [2.05, 4.69) is 26.3 Å². The fraction of sp³-hybridized carbons (Fsp3) is 0.188. The van der Waals surface area contributed by atoms with Gasteiger partial charge in [-0.3, -0.25) is 4.68 Å². The number of rotatable bonds is 3. The summed E-state index contributed by atoms with van der Waals surface area (Å²) in [5.74, 6) is 0.207. The maximum Gasteiger partial charge on any atom is 0.115 e. The van der Waals surface area contributed by atoms with Crippen LogP contribution in [0.4, 0.5) is 0 Å². The highest BCUT2D eigenvalue weighted by molar-refractivity contribution is 8.18. The highest BCUT2D eigenvalue weighted by Gasteiger charge is 2.24. The third-order valence-corrected chi connectivity index (χ3v) is 4.94. The van der Waals surface area contributed by atoms with Gasteiger partial charge < -0.3 is 10.3 Å². The van der Waals surface area contributed by atoms with Crippen LogP contribution in [-0.4, -0.2) is 38.3 Å². The Kier molecular flexibility index (Phi) is 3.96. The summed E-state index contributed by atoms with van der Waals surface area (Å²) in [6.45, 7) is 1.98. The molecule has 3 rings (SSSR count). The van der Waals surface area contributed by atoms with Crippen LogP contribution in [0, 0.1) is 0 Å². The zero-order valence-corrected chi connectivity index (χ0v) is 14.0. The number of benzene rings is 1. The Morgan fingerprint density at radius 2 is 1.96 bits per heavy atom. The molecule has 2 N–H and O–H groups in total. The molecule has 23 heavy (non-hydrogen) atoms. The number of nitrogens with zero attached hydrogens (tertiary/aromatic N) is 4. The van der Waals surface area contributed by atoms with Crippen LogP contribution in [0.2, 0.25) is 0 Å². The van der Waals surface area contributed by atoms with Crippen molar-refractivity contribution in [2.45, 2.75) is 6.92 Å². The molecular formula is C16H18N4O2S. The lowest BCUT2D eigenvalue weighted by Crippen LogP contribution is -2.01. The molecule has 2 aromatic rings. The van der Waals surface area contributed by atoms with Gasteiger partial charge in [-0.1, -0.05) is 5.16 Å². The number of hydrogen-bond donors (Lipinski definition) is 3. The van der Waals surface area contributed by atoms with Crippen molar-refractivity contribution in [3.8, 4) is 17.0 Å². The van der Waals surface area contributed by atoms with Crippen molar-refractivity contribution in [2.75, 3.05) is 6.26 Å². The van der Waals surface area contributed by atoms with Gasteiger partial charge in [0.1, 0.15) is 11.4 Å². The first kappa shape index (κ1) is 15.4. The molecule has 0 bridgehead atoms. The van der Waals surface area contributed by atoms with Gasteiger partial charge in [-0.15, -0.1) is 11.1 Å². The standard InChI is InChI=1S/C16H18N4O2S/c1-10-13(9-23(3)19-10)15-14(8-17-22)20(2)18-16(15)11-4-6-12(21)7-5-11/h4-9,21-23H,1-3H3. The minimum absolute atomic E-state index is 0.207. The summed E-state index contributed by atoms with van der Waals surface area (Å²) in [6, 6.07) is 6.89. The van der Waals surface area contributed by atoms with Crippen LogP contribution in [0.15, 0.2) is 39.2 Å². The molecule has 1 atom stereocenters. The first-order chi connectivity index (χ1) is 11.0. The summed E-state index contributed by atoms with van der Waals surface area (Å²) in [4.78, 5) is 0. The first-order valence-electron chi connectivity index (χ1n) is 7.05. The first-order valence-corrected chi connectivity index (χ1v) is 8.86. The van der Waals surface area contributed by atoms with E-state index in [4.69, 9.17) is 5.21 Å². The molecular weight excluding hydrogens is 312 g/mol. The molecule has 1 aliphatic rings. The normalized spacial score (nSPS) is 19.2. The number of hydrogen-bond acceptors (Lipinski definition) is 5. The van der Waals surface area contributed by atoms with Gasteiger partial charge in [-0.2, -0.15) is 5.10 Å². The number of thiol groups is 1. The molecule has 0 saturated heterocycles. The number of oxime groups is 1. The smallest absolute Gasteiger partial charge is 0.115 e. The molecule has 0 aliphatic carbocycles. The van der Waals surface area contributed by atoms with Gasteiger partial charge in [0.2, 0.25) is 0 Å². The third-order valence-electron chi connectivity index (χ3n) is 3.70. The quantitative estimate of drug-likeness (QED) is 0.350. The fourth-order valence-electron chi connectivity index (χ4n) is 2.67. The van der Waals surface area contributed by atoms with Crippen molar-refractivity contribution in [3.05, 3.63) is 40.9 Å². The van der Waals surface area contributed by atoms with Gasteiger partial charge in [0.05, 0.1) is 17.6 Å². The number of phenolic OH excluding ortho intramolecular Hbond substituents is 1. The molecule has 2 heterocycles. The Bertz CT molecular complexity index is 835.